The third-order valence-corrected chi connectivity index (χ3v) is 8.79. The van der Waals surface area contributed by atoms with E-state index in [0.717, 1.165) is 29.2 Å². The number of carbonyl (C=O) groups is 3. The van der Waals surface area contributed by atoms with Crippen molar-refractivity contribution in [2.45, 2.75) is 74.6 Å². The molecule has 36 heavy (non-hydrogen) atoms. The minimum absolute atomic E-state index is 0.119. The van der Waals surface area contributed by atoms with Gasteiger partial charge in [0, 0.05) is 35.7 Å². The Bertz CT molecular complexity index is 1110. The molecule has 1 unspecified atom stereocenters. The van der Waals surface area contributed by atoms with E-state index in [-0.39, 0.29) is 24.1 Å². The molecule has 6 nitrogen and oxygen atoms in total. The van der Waals surface area contributed by atoms with Crippen LogP contribution >= 0.6 is 11.8 Å². The van der Waals surface area contributed by atoms with Gasteiger partial charge in [0.1, 0.15) is 6.04 Å². The molecule has 0 aliphatic carbocycles. The zero-order valence-electron chi connectivity index (χ0n) is 20.8. The molecular formula is C29H35N3O3S. The molecule has 0 radical (unpaired) electrons. The number of benzene rings is 2. The minimum Gasteiger partial charge on any atom is -0.322 e. The van der Waals surface area contributed by atoms with Gasteiger partial charge >= 0.3 is 0 Å². The van der Waals surface area contributed by atoms with Gasteiger partial charge in [0.05, 0.1) is 0 Å². The molecule has 2 saturated heterocycles. The van der Waals surface area contributed by atoms with Crippen LogP contribution in [0.15, 0.2) is 47.4 Å². The van der Waals surface area contributed by atoms with Gasteiger partial charge in [-0.3, -0.25) is 19.7 Å². The Morgan fingerprint density at radius 2 is 1.61 bits per heavy atom. The van der Waals surface area contributed by atoms with Crippen LogP contribution in [0.4, 0.5) is 0 Å². The number of hydrogen-bond donors (Lipinski definition) is 1. The summed E-state index contributed by atoms with van der Waals surface area (Å²) in [7, 11) is 0. The van der Waals surface area contributed by atoms with Gasteiger partial charge < -0.3 is 9.80 Å². The average Bonchev–Trinajstić information content (AvgIpc) is 3.19. The van der Waals surface area contributed by atoms with E-state index in [2.05, 4.69) is 40.5 Å². The van der Waals surface area contributed by atoms with Crippen molar-refractivity contribution in [1.82, 2.24) is 15.1 Å². The van der Waals surface area contributed by atoms with Crippen LogP contribution in [0.2, 0.25) is 0 Å². The predicted octanol–water partition coefficient (Wildman–Crippen LogP) is 4.55. The smallest absolute Gasteiger partial charge is 0.255 e. The number of amides is 3. The Hall–Kier alpha value is -2.64. The summed E-state index contributed by atoms with van der Waals surface area (Å²) in [5.41, 5.74) is 4.31. The molecule has 3 aliphatic heterocycles. The molecule has 7 heteroatoms. The molecule has 1 N–H and O–H groups in total. The van der Waals surface area contributed by atoms with Gasteiger partial charge in [-0.25, -0.2) is 0 Å². The first kappa shape index (κ1) is 25.0. The molecular weight excluding hydrogens is 470 g/mol. The van der Waals surface area contributed by atoms with Crippen molar-refractivity contribution in [3.8, 4) is 0 Å². The summed E-state index contributed by atoms with van der Waals surface area (Å²) in [6, 6.07) is 14.2. The lowest BCUT2D eigenvalue weighted by atomic mass is 10.0. The summed E-state index contributed by atoms with van der Waals surface area (Å²) in [4.78, 5) is 42.2. The molecule has 0 aromatic heterocycles. The third kappa shape index (κ3) is 5.84. The van der Waals surface area contributed by atoms with E-state index >= 15 is 0 Å². The molecule has 0 bridgehead atoms. The third-order valence-electron chi connectivity index (χ3n) is 7.62. The number of thioether (sulfide) groups is 1. The lowest BCUT2D eigenvalue weighted by Gasteiger charge is -2.29. The molecule has 3 amide bonds. The number of likely N-dealkylation sites (tertiary alicyclic amines) is 1. The van der Waals surface area contributed by atoms with Crippen LogP contribution in [0.25, 0.3) is 0 Å². The highest BCUT2D eigenvalue weighted by molar-refractivity contribution is 7.98. The summed E-state index contributed by atoms with van der Waals surface area (Å²) >= 11 is 1.74. The van der Waals surface area contributed by atoms with Crippen LogP contribution in [0.3, 0.4) is 0 Å². The molecule has 2 fully saturated rings. The molecule has 2 aromatic carbocycles. The van der Waals surface area contributed by atoms with Crippen LogP contribution in [0.5, 0.6) is 0 Å². The van der Waals surface area contributed by atoms with Gasteiger partial charge in [-0.1, -0.05) is 49.6 Å². The van der Waals surface area contributed by atoms with Crippen molar-refractivity contribution >= 4 is 29.5 Å². The van der Waals surface area contributed by atoms with Crippen LogP contribution in [-0.2, 0) is 28.3 Å². The van der Waals surface area contributed by atoms with Crippen LogP contribution in [0, 0.1) is 0 Å². The Kier molecular flexibility index (Phi) is 8.07. The van der Waals surface area contributed by atoms with Gasteiger partial charge in [-0.2, -0.15) is 0 Å². The Labute approximate surface area is 217 Å². The molecule has 3 heterocycles. The highest BCUT2D eigenvalue weighted by atomic mass is 32.2. The topological polar surface area (TPSA) is 69.7 Å². The number of hydrogen-bond acceptors (Lipinski definition) is 5. The fourth-order valence-corrected chi connectivity index (χ4v) is 6.52. The maximum Gasteiger partial charge on any atom is 0.255 e. The second-order valence-electron chi connectivity index (χ2n) is 10.1. The summed E-state index contributed by atoms with van der Waals surface area (Å²) < 4.78 is 0. The van der Waals surface area contributed by atoms with E-state index in [0.29, 0.717) is 18.5 Å². The van der Waals surface area contributed by atoms with E-state index in [9.17, 15) is 14.4 Å². The van der Waals surface area contributed by atoms with E-state index in [4.69, 9.17) is 0 Å². The monoisotopic (exact) mass is 505 g/mol. The number of nitrogens with zero attached hydrogens (tertiary/aromatic N) is 2. The molecule has 3 aliphatic rings. The fourth-order valence-electron chi connectivity index (χ4n) is 5.48. The summed E-state index contributed by atoms with van der Waals surface area (Å²) in [6.07, 6.45) is 8.55. The standard InChI is InChI=1S/C29H35N3O3S/c33-27-14-13-25(28(34)30-27)32-19-24-23(29(32)35)7-6-8-26(24)36-20-22-11-9-21(10-12-22)15-18-31-16-4-2-1-3-5-17-31/h6-12,25H,1-5,13-20H2,(H,30,33,34). The Morgan fingerprint density at radius 1 is 0.889 bits per heavy atom. The van der Waals surface area contributed by atoms with E-state index in [1.807, 2.05) is 12.1 Å². The zero-order chi connectivity index (χ0) is 24.9. The van der Waals surface area contributed by atoms with Gasteiger partial charge in [-0.15, -0.1) is 11.8 Å². The predicted molar refractivity (Wildman–Crippen MR) is 142 cm³/mol. The normalized spacial score (nSPS) is 21.2. The van der Waals surface area contributed by atoms with Crippen molar-refractivity contribution in [2.24, 2.45) is 0 Å². The largest absolute Gasteiger partial charge is 0.322 e. The SMILES string of the molecule is O=C1CCC(N2Cc3c(SCc4ccc(CCN5CCCCCCC5)cc4)cccc3C2=O)C(=O)N1. The van der Waals surface area contributed by atoms with Crippen molar-refractivity contribution in [2.75, 3.05) is 19.6 Å². The van der Waals surface area contributed by atoms with E-state index in [1.54, 1.807) is 16.7 Å². The molecule has 1 atom stereocenters. The lowest BCUT2D eigenvalue weighted by molar-refractivity contribution is -0.136. The molecule has 0 saturated carbocycles. The van der Waals surface area contributed by atoms with Crippen molar-refractivity contribution in [3.63, 3.8) is 0 Å². The molecule has 5 rings (SSSR count). The second kappa shape index (κ2) is 11.6. The van der Waals surface area contributed by atoms with Gasteiger partial charge in [0.2, 0.25) is 11.8 Å². The van der Waals surface area contributed by atoms with Crippen LogP contribution in [-0.4, -0.2) is 53.2 Å². The maximum atomic E-state index is 13.0. The average molecular weight is 506 g/mol. The maximum absolute atomic E-state index is 13.0. The van der Waals surface area contributed by atoms with E-state index in [1.165, 1.54) is 56.3 Å². The summed E-state index contributed by atoms with van der Waals surface area (Å²) in [5, 5.41) is 2.37. The van der Waals surface area contributed by atoms with Crippen LogP contribution in [0.1, 0.15) is 72.0 Å². The highest BCUT2D eigenvalue weighted by Crippen LogP contribution is 2.35. The first-order valence-electron chi connectivity index (χ1n) is 13.3. The number of imide groups is 1. The van der Waals surface area contributed by atoms with Crippen molar-refractivity contribution in [1.29, 1.82) is 0 Å². The Balaban J connectivity index is 1.17. The minimum atomic E-state index is -0.577. The number of piperidine rings is 1. The second-order valence-corrected chi connectivity index (χ2v) is 11.2. The van der Waals surface area contributed by atoms with Gasteiger partial charge in [-0.05, 0) is 67.6 Å². The number of fused-ring (bicyclic) bond motifs is 1. The van der Waals surface area contributed by atoms with Crippen LogP contribution < -0.4 is 5.32 Å². The van der Waals surface area contributed by atoms with Gasteiger partial charge in [0.25, 0.3) is 5.91 Å². The zero-order valence-corrected chi connectivity index (χ0v) is 21.7. The first-order valence-corrected chi connectivity index (χ1v) is 14.3. The Morgan fingerprint density at radius 3 is 2.36 bits per heavy atom. The molecule has 0 spiro atoms. The van der Waals surface area contributed by atoms with Crippen molar-refractivity contribution in [3.05, 3.63) is 64.7 Å². The lowest BCUT2D eigenvalue weighted by Crippen LogP contribution is -2.52. The number of rotatable bonds is 7. The van der Waals surface area contributed by atoms with E-state index < -0.39 is 6.04 Å². The number of nitrogens with one attached hydrogen (secondary N) is 1. The fraction of sp³-hybridized carbons (Fsp3) is 0.483. The summed E-state index contributed by atoms with van der Waals surface area (Å²) in [5.74, 6) is 0.0783. The highest BCUT2D eigenvalue weighted by Gasteiger charge is 2.39. The summed E-state index contributed by atoms with van der Waals surface area (Å²) in [6.45, 7) is 4.03. The number of carbonyl (C=O) groups excluding carboxylic acids is 3. The molecule has 190 valence electrons. The quantitative estimate of drug-likeness (QED) is 0.442. The van der Waals surface area contributed by atoms with Crippen molar-refractivity contribution < 1.29 is 14.4 Å². The van der Waals surface area contributed by atoms with Gasteiger partial charge in [0.15, 0.2) is 0 Å². The molecule has 2 aromatic rings. The first-order chi connectivity index (χ1) is 17.6.